The van der Waals surface area contributed by atoms with Crippen molar-refractivity contribution in [3.63, 3.8) is 0 Å². The molecular formula is C28H28N4O6. The van der Waals surface area contributed by atoms with E-state index in [-0.39, 0.29) is 24.3 Å². The van der Waals surface area contributed by atoms with Gasteiger partial charge in [-0.3, -0.25) is 0 Å². The van der Waals surface area contributed by atoms with Gasteiger partial charge in [-0.15, -0.1) is 0 Å². The molecule has 0 radical (unpaired) electrons. The number of hydrogen-bond acceptors (Lipinski definition) is 8. The topological polar surface area (TPSA) is 148 Å². The number of alkyl carbamates (subject to hydrolysis) is 1. The fraction of sp³-hybridized carbons (Fsp3) is 0.321. The maximum atomic E-state index is 12.4. The summed E-state index contributed by atoms with van der Waals surface area (Å²) in [6.07, 6.45) is 1.59. The van der Waals surface area contributed by atoms with Crippen molar-refractivity contribution in [2.45, 2.75) is 52.7 Å². The Kier molecular flexibility index (Phi) is 7.76. The minimum absolute atomic E-state index is 0.0738. The number of carboxylic acids is 1. The quantitative estimate of drug-likeness (QED) is 0.392. The van der Waals surface area contributed by atoms with E-state index in [1.165, 1.54) is 0 Å². The lowest BCUT2D eigenvalue weighted by Gasteiger charge is -2.16. The van der Waals surface area contributed by atoms with E-state index < -0.39 is 18.1 Å². The monoisotopic (exact) mass is 516 g/mol. The van der Waals surface area contributed by atoms with E-state index >= 15 is 0 Å². The zero-order chi connectivity index (χ0) is 27.4. The zero-order valence-corrected chi connectivity index (χ0v) is 21.5. The number of ether oxygens (including phenoxy) is 2. The maximum Gasteiger partial charge on any atom is 0.413 e. The average molecular weight is 517 g/mol. The largest absolute Gasteiger partial charge is 0.490 e. The first-order valence-corrected chi connectivity index (χ1v) is 12.2. The molecule has 1 amide bonds. The van der Waals surface area contributed by atoms with E-state index in [1.807, 2.05) is 33.8 Å². The highest BCUT2D eigenvalue weighted by Crippen LogP contribution is 2.36. The number of rotatable bonds is 9. The predicted molar refractivity (Wildman–Crippen MR) is 138 cm³/mol. The van der Waals surface area contributed by atoms with E-state index in [0.29, 0.717) is 46.0 Å². The van der Waals surface area contributed by atoms with Gasteiger partial charge in [0.15, 0.2) is 0 Å². The molecule has 10 nitrogen and oxygen atoms in total. The van der Waals surface area contributed by atoms with Crippen molar-refractivity contribution in [3.05, 3.63) is 59.2 Å². The molecule has 1 aliphatic rings. The third-order valence-electron chi connectivity index (χ3n) is 5.81. The van der Waals surface area contributed by atoms with Crippen LogP contribution in [0.3, 0.4) is 0 Å². The summed E-state index contributed by atoms with van der Waals surface area (Å²) >= 11 is 0. The molecule has 0 spiro atoms. The summed E-state index contributed by atoms with van der Waals surface area (Å²) in [6.45, 7) is 7.52. The smallest absolute Gasteiger partial charge is 0.413 e. The Hall–Kier alpha value is -4.65. The lowest BCUT2D eigenvalue weighted by Crippen LogP contribution is -2.41. The van der Waals surface area contributed by atoms with Crippen LogP contribution in [0.1, 0.15) is 50.8 Å². The standard InChI is InChI=1S/C28H28N4O6/c1-15(2)12-22(27(33)34)30-28(35)37-24-11-9-19-20(24)6-5-7-21(19)25-31-26(38-32-25)17-8-10-23(36-16(3)4)18(13-17)14-29/h5-8,10-11,13,15-16,22H,9,12H2,1-4H3,(H,30,35)(H,33,34). The van der Waals surface area contributed by atoms with E-state index in [4.69, 9.17) is 14.0 Å². The summed E-state index contributed by atoms with van der Waals surface area (Å²) in [6, 6.07) is 11.6. The maximum absolute atomic E-state index is 12.4. The first-order valence-electron chi connectivity index (χ1n) is 12.2. The van der Waals surface area contributed by atoms with E-state index in [1.54, 1.807) is 36.4 Å². The highest BCUT2D eigenvalue weighted by atomic mass is 16.6. The summed E-state index contributed by atoms with van der Waals surface area (Å²) < 4.78 is 16.6. The normalized spacial score (nSPS) is 13.0. The molecule has 2 N–H and O–H groups in total. The van der Waals surface area contributed by atoms with Crippen LogP contribution in [0.2, 0.25) is 0 Å². The lowest BCUT2D eigenvalue weighted by molar-refractivity contribution is -0.139. The third-order valence-corrected chi connectivity index (χ3v) is 5.81. The number of carbonyl (C=O) groups is 2. The van der Waals surface area contributed by atoms with E-state index in [9.17, 15) is 20.0 Å². The third kappa shape index (κ3) is 5.83. The molecule has 3 aromatic rings. The molecule has 0 saturated heterocycles. The number of aromatic nitrogens is 2. The molecule has 196 valence electrons. The number of allylic oxidation sites excluding steroid dienone is 1. The van der Waals surface area contributed by atoms with Gasteiger partial charge < -0.3 is 24.4 Å². The molecule has 0 aliphatic heterocycles. The van der Waals surface area contributed by atoms with Gasteiger partial charge in [-0.05, 0) is 62.4 Å². The molecule has 1 aromatic heterocycles. The van der Waals surface area contributed by atoms with Crippen molar-refractivity contribution in [2.24, 2.45) is 5.92 Å². The summed E-state index contributed by atoms with van der Waals surface area (Å²) in [4.78, 5) is 28.5. The second kappa shape index (κ2) is 11.2. The molecule has 0 saturated carbocycles. The van der Waals surface area contributed by atoms with Crippen LogP contribution in [0, 0.1) is 17.2 Å². The molecule has 1 heterocycles. The first-order chi connectivity index (χ1) is 18.2. The van der Waals surface area contributed by atoms with Crippen LogP contribution in [0.4, 0.5) is 4.79 Å². The van der Waals surface area contributed by atoms with Gasteiger partial charge in [0.1, 0.15) is 23.6 Å². The molecule has 1 aliphatic carbocycles. The molecule has 1 unspecified atom stereocenters. The molecule has 0 bridgehead atoms. The summed E-state index contributed by atoms with van der Waals surface area (Å²) in [5.74, 6) is 0.375. The number of hydrogen-bond donors (Lipinski definition) is 2. The van der Waals surface area contributed by atoms with Crippen molar-refractivity contribution in [2.75, 3.05) is 0 Å². The molecule has 38 heavy (non-hydrogen) atoms. The number of benzene rings is 2. The van der Waals surface area contributed by atoms with Gasteiger partial charge in [0, 0.05) is 16.7 Å². The van der Waals surface area contributed by atoms with Crippen molar-refractivity contribution in [3.8, 4) is 34.7 Å². The van der Waals surface area contributed by atoms with Gasteiger partial charge in [-0.1, -0.05) is 37.2 Å². The Morgan fingerprint density at radius 2 is 1.95 bits per heavy atom. The number of nitrogens with one attached hydrogen (secondary N) is 1. The Labute approximate surface area is 219 Å². The highest BCUT2D eigenvalue weighted by molar-refractivity contribution is 5.85. The minimum atomic E-state index is -1.12. The summed E-state index contributed by atoms with van der Waals surface area (Å²) in [5.41, 5.74) is 3.17. The van der Waals surface area contributed by atoms with Gasteiger partial charge in [-0.25, -0.2) is 9.59 Å². The molecular weight excluding hydrogens is 488 g/mol. The number of carboxylic acid groups (broad SMARTS) is 1. The second-order valence-corrected chi connectivity index (χ2v) is 9.57. The van der Waals surface area contributed by atoms with Crippen LogP contribution < -0.4 is 10.1 Å². The second-order valence-electron chi connectivity index (χ2n) is 9.57. The lowest BCUT2D eigenvalue weighted by atomic mass is 10.0. The molecule has 0 fully saturated rings. The predicted octanol–water partition coefficient (Wildman–Crippen LogP) is 5.18. The van der Waals surface area contributed by atoms with Gasteiger partial charge in [-0.2, -0.15) is 10.2 Å². The fourth-order valence-corrected chi connectivity index (χ4v) is 4.17. The van der Waals surface area contributed by atoms with E-state index in [2.05, 4.69) is 21.5 Å². The van der Waals surface area contributed by atoms with Crippen LogP contribution in [0.5, 0.6) is 5.75 Å². The minimum Gasteiger partial charge on any atom is -0.490 e. The van der Waals surface area contributed by atoms with Gasteiger partial charge >= 0.3 is 12.1 Å². The van der Waals surface area contributed by atoms with Crippen LogP contribution >= 0.6 is 0 Å². The SMILES string of the molecule is CC(C)CC(NC(=O)OC1=CCc2c1cccc2-c1noc(-c2ccc(OC(C)C)c(C#N)c2)n1)C(=O)O. The Morgan fingerprint density at radius 3 is 2.63 bits per heavy atom. The summed E-state index contributed by atoms with van der Waals surface area (Å²) in [7, 11) is 0. The van der Waals surface area contributed by atoms with Gasteiger partial charge in [0.25, 0.3) is 5.89 Å². The van der Waals surface area contributed by atoms with Crippen LogP contribution in [-0.4, -0.2) is 39.5 Å². The van der Waals surface area contributed by atoms with Gasteiger partial charge in [0.2, 0.25) is 5.82 Å². The Bertz CT molecular complexity index is 1430. The molecule has 10 heteroatoms. The molecule has 2 aromatic carbocycles. The average Bonchev–Trinajstić information content (AvgIpc) is 3.51. The molecule has 4 rings (SSSR count). The van der Waals surface area contributed by atoms with Crippen LogP contribution in [0.25, 0.3) is 28.6 Å². The van der Waals surface area contributed by atoms with Crippen molar-refractivity contribution < 1.29 is 28.7 Å². The zero-order valence-electron chi connectivity index (χ0n) is 21.5. The number of amides is 1. The van der Waals surface area contributed by atoms with E-state index in [0.717, 1.165) is 5.56 Å². The molecule has 1 atom stereocenters. The number of aliphatic carboxylic acids is 1. The fourth-order valence-electron chi connectivity index (χ4n) is 4.17. The Balaban J connectivity index is 1.53. The Morgan fingerprint density at radius 1 is 1.18 bits per heavy atom. The number of nitriles is 1. The first kappa shape index (κ1) is 26.4. The van der Waals surface area contributed by atoms with Crippen molar-refractivity contribution in [1.82, 2.24) is 15.5 Å². The van der Waals surface area contributed by atoms with Crippen LogP contribution in [0.15, 0.2) is 47.0 Å². The highest BCUT2D eigenvalue weighted by Gasteiger charge is 2.26. The van der Waals surface area contributed by atoms with Crippen molar-refractivity contribution in [1.29, 1.82) is 5.26 Å². The van der Waals surface area contributed by atoms with Crippen LogP contribution in [-0.2, 0) is 16.0 Å². The van der Waals surface area contributed by atoms with Crippen molar-refractivity contribution >= 4 is 17.8 Å². The number of carbonyl (C=O) groups excluding carboxylic acids is 1. The summed E-state index contributed by atoms with van der Waals surface area (Å²) in [5, 5.41) is 25.5. The number of nitrogens with zero attached hydrogens (tertiary/aromatic N) is 3. The van der Waals surface area contributed by atoms with Gasteiger partial charge in [0.05, 0.1) is 11.7 Å². The number of fused-ring (bicyclic) bond motifs is 1.